The summed E-state index contributed by atoms with van der Waals surface area (Å²) in [5, 5.41) is 3.34. The first kappa shape index (κ1) is 13.2. The molecule has 16 heavy (non-hydrogen) atoms. The third-order valence-electron chi connectivity index (χ3n) is 2.94. The van der Waals surface area contributed by atoms with Crippen LogP contribution in [0.5, 0.6) is 0 Å². The molecular weight excluding hydrogens is 201 g/mol. The summed E-state index contributed by atoms with van der Waals surface area (Å²) in [6, 6.07) is 4.13. The lowest BCUT2D eigenvalue weighted by molar-refractivity contribution is 0.519. The minimum Gasteiger partial charge on any atom is -0.315 e. The second-order valence-electron chi connectivity index (χ2n) is 4.54. The number of aryl methyl sites for hydroxylation is 2. The summed E-state index contributed by atoms with van der Waals surface area (Å²) in [6.45, 7) is 9.13. The first-order chi connectivity index (χ1) is 7.54. The van der Waals surface area contributed by atoms with Crippen molar-refractivity contribution in [3.8, 4) is 0 Å². The monoisotopic (exact) mass is 223 g/mol. The molecule has 2 heteroatoms. The molecule has 0 aliphatic carbocycles. The molecule has 1 rings (SSSR count). The summed E-state index contributed by atoms with van der Waals surface area (Å²) in [6.07, 6.45) is 1.79. The Hall–Kier alpha value is -0.890. The van der Waals surface area contributed by atoms with Gasteiger partial charge in [0.15, 0.2) is 0 Å². The Kier molecular flexibility index (Phi) is 4.94. The maximum Gasteiger partial charge on any atom is 0.126 e. The lowest BCUT2D eigenvalue weighted by Gasteiger charge is -2.14. The van der Waals surface area contributed by atoms with Gasteiger partial charge >= 0.3 is 0 Å². The SMILES string of the molecule is CCNC(C)CCc1c(C)cc(C)cc1F. The molecule has 0 bridgehead atoms. The van der Waals surface area contributed by atoms with Gasteiger partial charge in [-0.2, -0.15) is 0 Å². The Bertz CT molecular complexity index is 324. The van der Waals surface area contributed by atoms with E-state index in [-0.39, 0.29) is 5.82 Å². The molecule has 0 fully saturated rings. The highest BCUT2D eigenvalue weighted by molar-refractivity contribution is 5.32. The predicted molar refractivity (Wildman–Crippen MR) is 67.3 cm³/mol. The second kappa shape index (κ2) is 6.00. The highest BCUT2D eigenvalue weighted by Gasteiger charge is 2.08. The van der Waals surface area contributed by atoms with Crippen molar-refractivity contribution in [3.63, 3.8) is 0 Å². The molecule has 1 nitrogen and oxygen atoms in total. The molecular formula is C14H22FN. The van der Waals surface area contributed by atoms with Gasteiger partial charge in [-0.3, -0.25) is 0 Å². The van der Waals surface area contributed by atoms with Crippen LogP contribution in [0.15, 0.2) is 12.1 Å². The Morgan fingerprint density at radius 2 is 2.00 bits per heavy atom. The van der Waals surface area contributed by atoms with E-state index in [1.54, 1.807) is 6.07 Å². The van der Waals surface area contributed by atoms with E-state index in [1.165, 1.54) is 0 Å². The average Bonchev–Trinajstić information content (AvgIpc) is 2.16. The lowest BCUT2D eigenvalue weighted by atomic mass is 9.99. The zero-order valence-electron chi connectivity index (χ0n) is 10.7. The van der Waals surface area contributed by atoms with Crippen molar-refractivity contribution in [3.05, 3.63) is 34.6 Å². The normalized spacial score (nSPS) is 12.8. The Balaban J connectivity index is 2.67. The highest BCUT2D eigenvalue weighted by Crippen LogP contribution is 2.17. The summed E-state index contributed by atoms with van der Waals surface area (Å²) in [7, 11) is 0. The second-order valence-corrected chi connectivity index (χ2v) is 4.54. The number of rotatable bonds is 5. The highest BCUT2D eigenvalue weighted by atomic mass is 19.1. The van der Waals surface area contributed by atoms with Crippen LogP contribution in [0.3, 0.4) is 0 Å². The number of halogens is 1. The van der Waals surface area contributed by atoms with Gasteiger partial charge in [-0.15, -0.1) is 0 Å². The molecule has 0 radical (unpaired) electrons. The van der Waals surface area contributed by atoms with Crippen LogP contribution in [-0.4, -0.2) is 12.6 Å². The van der Waals surface area contributed by atoms with Crippen molar-refractivity contribution in [1.29, 1.82) is 0 Å². The van der Waals surface area contributed by atoms with Crippen LogP contribution >= 0.6 is 0 Å². The summed E-state index contributed by atoms with van der Waals surface area (Å²) >= 11 is 0. The number of hydrogen-bond acceptors (Lipinski definition) is 1. The zero-order chi connectivity index (χ0) is 12.1. The molecule has 1 aromatic rings. The molecule has 0 aromatic heterocycles. The third-order valence-corrected chi connectivity index (χ3v) is 2.94. The molecule has 0 heterocycles. The van der Waals surface area contributed by atoms with Crippen molar-refractivity contribution in [2.45, 2.75) is 46.6 Å². The van der Waals surface area contributed by atoms with Crippen LogP contribution in [0.25, 0.3) is 0 Å². The van der Waals surface area contributed by atoms with Crippen LogP contribution in [0.4, 0.5) is 4.39 Å². The van der Waals surface area contributed by atoms with Crippen molar-refractivity contribution in [2.75, 3.05) is 6.54 Å². The molecule has 90 valence electrons. The fraction of sp³-hybridized carbons (Fsp3) is 0.571. The van der Waals surface area contributed by atoms with E-state index in [1.807, 2.05) is 13.8 Å². The number of hydrogen-bond donors (Lipinski definition) is 1. The zero-order valence-corrected chi connectivity index (χ0v) is 10.7. The van der Waals surface area contributed by atoms with E-state index < -0.39 is 0 Å². The summed E-state index contributed by atoms with van der Waals surface area (Å²) in [5.74, 6) is -0.0544. The van der Waals surface area contributed by atoms with Crippen molar-refractivity contribution in [1.82, 2.24) is 5.32 Å². The Morgan fingerprint density at radius 3 is 2.56 bits per heavy atom. The van der Waals surface area contributed by atoms with Crippen molar-refractivity contribution in [2.24, 2.45) is 0 Å². The number of benzene rings is 1. The van der Waals surface area contributed by atoms with E-state index in [0.717, 1.165) is 36.1 Å². The maximum atomic E-state index is 13.7. The molecule has 1 N–H and O–H groups in total. The van der Waals surface area contributed by atoms with Gasteiger partial charge in [0.2, 0.25) is 0 Å². The molecule has 1 atom stereocenters. The van der Waals surface area contributed by atoms with Gasteiger partial charge in [-0.1, -0.05) is 13.0 Å². The topological polar surface area (TPSA) is 12.0 Å². The standard InChI is InChI=1S/C14H22FN/c1-5-16-12(4)6-7-13-11(3)8-10(2)9-14(13)15/h8-9,12,16H,5-7H2,1-4H3. The molecule has 0 spiro atoms. The van der Waals surface area contributed by atoms with Gasteiger partial charge in [-0.25, -0.2) is 4.39 Å². The quantitative estimate of drug-likeness (QED) is 0.807. The van der Waals surface area contributed by atoms with Crippen LogP contribution in [0.2, 0.25) is 0 Å². The molecule has 1 aromatic carbocycles. The third kappa shape index (κ3) is 3.60. The van der Waals surface area contributed by atoms with Gasteiger partial charge in [0.05, 0.1) is 0 Å². The van der Waals surface area contributed by atoms with Crippen LogP contribution in [-0.2, 0) is 6.42 Å². The lowest BCUT2D eigenvalue weighted by Crippen LogP contribution is -2.26. The van der Waals surface area contributed by atoms with Crippen molar-refractivity contribution >= 4 is 0 Å². The van der Waals surface area contributed by atoms with E-state index in [9.17, 15) is 4.39 Å². The van der Waals surface area contributed by atoms with Crippen LogP contribution in [0.1, 0.15) is 37.0 Å². The first-order valence-electron chi connectivity index (χ1n) is 6.03. The van der Waals surface area contributed by atoms with Gasteiger partial charge in [0.25, 0.3) is 0 Å². The summed E-state index contributed by atoms with van der Waals surface area (Å²) < 4.78 is 13.7. The Labute approximate surface area is 98.1 Å². The number of nitrogens with one attached hydrogen (secondary N) is 1. The Morgan fingerprint density at radius 1 is 1.31 bits per heavy atom. The first-order valence-corrected chi connectivity index (χ1v) is 6.03. The molecule has 0 amide bonds. The molecule has 0 aliphatic heterocycles. The van der Waals surface area contributed by atoms with Crippen molar-refractivity contribution < 1.29 is 4.39 Å². The van der Waals surface area contributed by atoms with Gasteiger partial charge in [0, 0.05) is 6.04 Å². The van der Waals surface area contributed by atoms with E-state index in [4.69, 9.17) is 0 Å². The van der Waals surface area contributed by atoms with E-state index in [2.05, 4.69) is 25.2 Å². The van der Waals surface area contributed by atoms with Crippen LogP contribution < -0.4 is 5.32 Å². The van der Waals surface area contributed by atoms with E-state index in [0.29, 0.717) is 6.04 Å². The summed E-state index contributed by atoms with van der Waals surface area (Å²) in [5.41, 5.74) is 2.94. The largest absolute Gasteiger partial charge is 0.315 e. The minimum absolute atomic E-state index is 0.0544. The van der Waals surface area contributed by atoms with Crippen LogP contribution in [0, 0.1) is 19.7 Å². The van der Waals surface area contributed by atoms with Gasteiger partial charge in [0.1, 0.15) is 5.82 Å². The van der Waals surface area contributed by atoms with Gasteiger partial charge < -0.3 is 5.32 Å². The minimum atomic E-state index is -0.0544. The molecule has 0 aliphatic rings. The maximum absolute atomic E-state index is 13.7. The van der Waals surface area contributed by atoms with Gasteiger partial charge in [-0.05, 0) is 62.9 Å². The van der Waals surface area contributed by atoms with E-state index >= 15 is 0 Å². The fourth-order valence-electron chi connectivity index (χ4n) is 2.07. The molecule has 0 saturated carbocycles. The molecule has 0 saturated heterocycles. The molecule has 1 unspecified atom stereocenters. The predicted octanol–water partition coefficient (Wildman–Crippen LogP) is 3.37. The average molecular weight is 223 g/mol. The summed E-state index contributed by atoms with van der Waals surface area (Å²) in [4.78, 5) is 0. The smallest absolute Gasteiger partial charge is 0.126 e. The fourth-order valence-corrected chi connectivity index (χ4v) is 2.07.